The smallest absolute Gasteiger partial charge is 0.259 e. The van der Waals surface area contributed by atoms with E-state index in [0.717, 1.165) is 18.1 Å². The number of hydrogen-bond donors (Lipinski definition) is 1. The minimum absolute atomic E-state index is 0.0844. The van der Waals surface area contributed by atoms with Gasteiger partial charge in [0.25, 0.3) is 11.9 Å². The fraction of sp³-hybridized carbons (Fsp3) is 0.364. The van der Waals surface area contributed by atoms with Crippen LogP contribution in [0.1, 0.15) is 25.5 Å². The SMILES string of the molecule is CCc1nc(CC)n(-c2nc(N)nc(-n3cncn3)n2)n1. The summed E-state index contributed by atoms with van der Waals surface area (Å²) in [5.41, 5.74) is 5.75. The average Bonchev–Trinajstić information content (AvgIpc) is 3.15. The van der Waals surface area contributed by atoms with Crippen molar-refractivity contribution in [1.82, 2.24) is 44.5 Å². The molecule has 0 saturated carbocycles. The maximum Gasteiger partial charge on any atom is 0.259 e. The van der Waals surface area contributed by atoms with Crippen LogP contribution < -0.4 is 5.73 Å². The zero-order chi connectivity index (χ0) is 14.8. The second-order valence-corrected chi connectivity index (χ2v) is 4.20. The van der Waals surface area contributed by atoms with Gasteiger partial charge in [0.1, 0.15) is 18.5 Å². The van der Waals surface area contributed by atoms with Gasteiger partial charge < -0.3 is 5.73 Å². The summed E-state index contributed by atoms with van der Waals surface area (Å²) in [6.07, 6.45) is 4.31. The van der Waals surface area contributed by atoms with Gasteiger partial charge in [0.2, 0.25) is 5.95 Å². The molecule has 0 fully saturated rings. The molecule has 108 valence electrons. The summed E-state index contributed by atoms with van der Waals surface area (Å²) < 4.78 is 2.99. The molecule has 3 rings (SSSR count). The highest BCUT2D eigenvalue weighted by Gasteiger charge is 2.14. The third-order valence-corrected chi connectivity index (χ3v) is 2.79. The minimum Gasteiger partial charge on any atom is -0.368 e. The van der Waals surface area contributed by atoms with Crippen molar-refractivity contribution in [2.24, 2.45) is 0 Å². The highest BCUT2D eigenvalue weighted by molar-refractivity contribution is 5.28. The molecule has 21 heavy (non-hydrogen) atoms. The van der Waals surface area contributed by atoms with Crippen molar-refractivity contribution in [2.75, 3.05) is 5.73 Å². The Hall–Kier alpha value is -2.91. The van der Waals surface area contributed by atoms with Crippen LogP contribution in [0.2, 0.25) is 0 Å². The predicted octanol–water partition coefficient (Wildman–Crippen LogP) is -0.260. The van der Waals surface area contributed by atoms with Crippen LogP contribution in [0.5, 0.6) is 0 Å². The van der Waals surface area contributed by atoms with Crippen LogP contribution in [0, 0.1) is 0 Å². The largest absolute Gasteiger partial charge is 0.368 e. The second-order valence-electron chi connectivity index (χ2n) is 4.20. The molecule has 0 atom stereocenters. The molecular weight excluding hydrogens is 272 g/mol. The molecule has 0 bridgehead atoms. The molecule has 10 nitrogen and oxygen atoms in total. The molecule has 0 saturated heterocycles. The lowest BCUT2D eigenvalue weighted by Crippen LogP contribution is -2.14. The van der Waals surface area contributed by atoms with Crippen LogP contribution in [-0.2, 0) is 12.8 Å². The molecule has 3 heterocycles. The Labute approximate surface area is 120 Å². The molecule has 0 aliphatic carbocycles. The number of aryl methyl sites for hydroxylation is 2. The maximum atomic E-state index is 5.75. The van der Waals surface area contributed by atoms with E-state index < -0.39 is 0 Å². The zero-order valence-corrected chi connectivity index (χ0v) is 11.7. The molecule has 3 aromatic rings. The quantitative estimate of drug-likeness (QED) is 0.695. The van der Waals surface area contributed by atoms with Gasteiger partial charge in [0.05, 0.1) is 0 Å². The standard InChI is InChI=1S/C11H14N10/c1-3-7-15-8(4-2)21(19-7)11-17-9(12)16-10(18-11)20-6-13-5-14-20/h5-6H,3-4H2,1-2H3,(H2,12,16,17,18). The third kappa shape index (κ3) is 2.42. The molecular formula is C11H14N10. The Balaban J connectivity index is 2.12. The van der Waals surface area contributed by atoms with Gasteiger partial charge in [0, 0.05) is 12.8 Å². The van der Waals surface area contributed by atoms with Crippen molar-refractivity contribution in [3.05, 3.63) is 24.3 Å². The lowest BCUT2D eigenvalue weighted by molar-refractivity contribution is 0.714. The van der Waals surface area contributed by atoms with Gasteiger partial charge in [-0.2, -0.15) is 29.4 Å². The van der Waals surface area contributed by atoms with Crippen LogP contribution in [0.15, 0.2) is 12.7 Å². The van der Waals surface area contributed by atoms with E-state index in [1.165, 1.54) is 17.3 Å². The maximum absolute atomic E-state index is 5.75. The summed E-state index contributed by atoms with van der Waals surface area (Å²) >= 11 is 0. The minimum atomic E-state index is 0.0844. The monoisotopic (exact) mass is 286 g/mol. The van der Waals surface area contributed by atoms with Crippen LogP contribution in [-0.4, -0.2) is 44.5 Å². The first-order valence-electron chi connectivity index (χ1n) is 6.53. The van der Waals surface area contributed by atoms with Crippen molar-refractivity contribution in [2.45, 2.75) is 26.7 Å². The summed E-state index contributed by atoms with van der Waals surface area (Å²) in [5.74, 6) is 2.18. The number of nitrogens with two attached hydrogens (primary N) is 1. The highest BCUT2D eigenvalue weighted by Crippen LogP contribution is 2.09. The van der Waals surface area contributed by atoms with E-state index in [-0.39, 0.29) is 11.9 Å². The van der Waals surface area contributed by atoms with E-state index in [2.05, 4.69) is 35.1 Å². The van der Waals surface area contributed by atoms with Gasteiger partial charge in [-0.1, -0.05) is 13.8 Å². The fourth-order valence-corrected chi connectivity index (χ4v) is 1.81. The van der Waals surface area contributed by atoms with Gasteiger partial charge >= 0.3 is 0 Å². The van der Waals surface area contributed by atoms with Gasteiger partial charge in [-0.25, -0.2) is 9.97 Å². The van der Waals surface area contributed by atoms with E-state index in [4.69, 9.17) is 5.73 Å². The first kappa shape index (κ1) is 13.1. The van der Waals surface area contributed by atoms with Crippen LogP contribution in [0.3, 0.4) is 0 Å². The molecule has 0 aliphatic heterocycles. The summed E-state index contributed by atoms with van der Waals surface area (Å²) in [4.78, 5) is 20.8. The Kier molecular flexibility index (Phi) is 3.26. The third-order valence-electron chi connectivity index (χ3n) is 2.79. The second kappa shape index (κ2) is 5.23. The topological polar surface area (TPSA) is 126 Å². The summed E-state index contributed by atoms with van der Waals surface area (Å²) in [6.45, 7) is 3.98. The van der Waals surface area contributed by atoms with Crippen LogP contribution >= 0.6 is 0 Å². The average molecular weight is 286 g/mol. The Bertz CT molecular complexity index is 744. The Morgan fingerprint density at radius 2 is 1.86 bits per heavy atom. The van der Waals surface area contributed by atoms with E-state index >= 15 is 0 Å². The van der Waals surface area contributed by atoms with Gasteiger partial charge in [-0.15, -0.1) is 5.10 Å². The molecule has 2 N–H and O–H groups in total. The lowest BCUT2D eigenvalue weighted by Gasteiger charge is -2.05. The number of nitrogen functional groups attached to an aromatic ring is 1. The number of nitrogens with zero attached hydrogens (tertiary/aromatic N) is 9. The first-order valence-corrected chi connectivity index (χ1v) is 6.53. The molecule has 3 aromatic heterocycles. The van der Waals surface area contributed by atoms with Crippen molar-refractivity contribution in [3.8, 4) is 11.9 Å². The highest BCUT2D eigenvalue weighted by atomic mass is 15.4. The Morgan fingerprint density at radius 1 is 1.05 bits per heavy atom. The van der Waals surface area contributed by atoms with E-state index in [1.54, 1.807) is 4.68 Å². The van der Waals surface area contributed by atoms with Crippen molar-refractivity contribution < 1.29 is 0 Å². The van der Waals surface area contributed by atoms with Gasteiger partial charge in [0.15, 0.2) is 5.82 Å². The summed E-state index contributed by atoms with van der Waals surface area (Å²) in [7, 11) is 0. The van der Waals surface area contributed by atoms with E-state index in [1.807, 2.05) is 13.8 Å². The van der Waals surface area contributed by atoms with Gasteiger partial charge in [-0.05, 0) is 0 Å². The number of aromatic nitrogens is 9. The normalized spacial score (nSPS) is 11.0. The number of hydrogen-bond acceptors (Lipinski definition) is 8. The summed E-state index contributed by atoms with van der Waals surface area (Å²) in [5, 5.41) is 8.36. The molecule has 0 unspecified atom stereocenters. The molecule has 0 amide bonds. The van der Waals surface area contributed by atoms with Crippen molar-refractivity contribution >= 4 is 5.95 Å². The van der Waals surface area contributed by atoms with Crippen LogP contribution in [0.4, 0.5) is 5.95 Å². The summed E-state index contributed by atoms with van der Waals surface area (Å²) in [6, 6.07) is 0. The zero-order valence-electron chi connectivity index (χ0n) is 11.7. The fourth-order valence-electron chi connectivity index (χ4n) is 1.81. The lowest BCUT2D eigenvalue weighted by atomic mass is 10.4. The first-order chi connectivity index (χ1) is 10.2. The Morgan fingerprint density at radius 3 is 2.52 bits per heavy atom. The van der Waals surface area contributed by atoms with Crippen molar-refractivity contribution in [1.29, 1.82) is 0 Å². The molecule has 0 spiro atoms. The molecule has 0 radical (unpaired) electrons. The van der Waals surface area contributed by atoms with E-state index in [0.29, 0.717) is 12.4 Å². The predicted molar refractivity (Wildman–Crippen MR) is 72.8 cm³/mol. The molecule has 10 heteroatoms. The number of anilines is 1. The molecule has 0 aliphatic rings. The van der Waals surface area contributed by atoms with Crippen molar-refractivity contribution in [3.63, 3.8) is 0 Å². The number of rotatable bonds is 4. The van der Waals surface area contributed by atoms with Gasteiger partial charge in [-0.3, -0.25) is 0 Å². The van der Waals surface area contributed by atoms with E-state index in [9.17, 15) is 0 Å². The molecule has 0 aromatic carbocycles. The van der Waals surface area contributed by atoms with Crippen LogP contribution in [0.25, 0.3) is 11.9 Å².